The summed E-state index contributed by atoms with van der Waals surface area (Å²) in [6.07, 6.45) is 0.999. The van der Waals surface area contributed by atoms with Crippen molar-refractivity contribution in [3.8, 4) is 11.5 Å². The zero-order chi connectivity index (χ0) is 19.6. The Morgan fingerprint density at radius 2 is 1.89 bits per heavy atom. The number of hydrogen-bond donors (Lipinski definition) is 2. The number of thiocarbonyl (C=S) groups is 1. The van der Waals surface area contributed by atoms with Crippen molar-refractivity contribution in [2.75, 3.05) is 5.32 Å². The molecule has 1 unspecified atom stereocenters. The first-order valence-electron chi connectivity index (χ1n) is 9.36. The molecule has 2 N–H and O–H groups in total. The first-order valence-corrected chi connectivity index (χ1v) is 9.76. The maximum absolute atomic E-state index is 6.13. The second-order valence-corrected chi connectivity index (χ2v) is 8.36. The lowest BCUT2D eigenvalue weighted by Crippen LogP contribution is -2.42. The number of hydrogen-bond acceptors (Lipinski definition) is 3. The molecule has 0 radical (unpaired) electrons. The van der Waals surface area contributed by atoms with E-state index in [4.69, 9.17) is 21.7 Å². The van der Waals surface area contributed by atoms with Crippen LogP contribution in [0.1, 0.15) is 51.3 Å². The molecule has 5 heteroatoms. The van der Waals surface area contributed by atoms with Gasteiger partial charge in [0, 0.05) is 17.7 Å². The van der Waals surface area contributed by atoms with Gasteiger partial charge in [0.2, 0.25) is 0 Å². The van der Waals surface area contributed by atoms with E-state index in [0.717, 1.165) is 29.2 Å². The van der Waals surface area contributed by atoms with Gasteiger partial charge >= 0.3 is 0 Å². The quantitative estimate of drug-likeness (QED) is 0.694. The molecule has 0 amide bonds. The Bertz CT molecular complexity index is 816. The van der Waals surface area contributed by atoms with Crippen LogP contribution in [0.3, 0.4) is 0 Å². The fraction of sp³-hybridized carbons (Fsp3) is 0.409. The van der Waals surface area contributed by atoms with Crippen LogP contribution in [0.5, 0.6) is 11.5 Å². The molecule has 27 heavy (non-hydrogen) atoms. The standard InChI is InChI=1S/C22H28N2O2S/c1-14(2)25-17-9-7-16(8-10-17)23-21(27)24-19-13-22(4,5)26-20-11-6-15(3)12-18(19)20/h6-12,14,19H,13H2,1-5H3,(H2,23,24,27). The van der Waals surface area contributed by atoms with Crippen LogP contribution in [-0.4, -0.2) is 16.8 Å². The Morgan fingerprint density at radius 1 is 1.19 bits per heavy atom. The van der Waals surface area contributed by atoms with Crippen molar-refractivity contribution in [1.82, 2.24) is 5.32 Å². The van der Waals surface area contributed by atoms with Crippen LogP contribution in [0, 0.1) is 6.92 Å². The summed E-state index contributed by atoms with van der Waals surface area (Å²) in [5.74, 6) is 1.78. The van der Waals surface area contributed by atoms with Gasteiger partial charge in [-0.25, -0.2) is 0 Å². The first-order chi connectivity index (χ1) is 12.7. The SMILES string of the molecule is Cc1ccc2c(c1)C(NC(=S)Nc1ccc(OC(C)C)cc1)CC(C)(C)O2. The van der Waals surface area contributed by atoms with Crippen LogP contribution in [0.2, 0.25) is 0 Å². The maximum Gasteiger partial charge on any atom is 0.171 e. The van der Waals surface area contributed by atoms with E-state index >= 15 is 0 Å². The van der Waals surface area contributed by atoms with Gasteiger partial charge in [-0.3, -0.25) is 0 Å². The monoisotopic (exact) mass is 384 g/mol. The predicted molar refractivity (Wildman–Crippen MR) is 115 cm³/mol. The van der Waals surface area contributed by atoms with Gasteiger partial charge in [-0.1, -0.05) is 17.7 Å². The maximum atomic E-state index is 6.13. The number of fused-ring (bicyclic) bond motifs is 1. The highest BCUT2D eigenvalue weighted by molar-refractivity contribution is 7.80. The van der Waals surface area contributed by atoms with Crippen LogP contribution in [0.15, 0.2) is 42.5 Å². The lowest BCUT2D eigenvalue weighted by molar-refractivity contribution is 0.0696. The van der Waals surface area contributed by atoms with E-state index < -0.39 is 0 Å². The number of anilines is 1. The number of aryl methyl sites for hydroxylation is 1. The highest BCUT2D eigenvalue weighted by atomic mass is 32.1. The van der Waals surface area contributed by atoms with Crippen LogP contribution in [0.4, 0.5) is 5.69 Å². The van der Waals surface area contributed by atoms with E-state index in [9.17, 15) is 0 Å². The molecule has 1 heterocycles. The topological polar surface area (TPSA) is 42.5 Å². The minimum absolute atomic E-state index is 0.104. The molecule has 0 fully saturated rings. The number of ether oxygens (including phenoxy) is 2. The Morgan fingerprint density at radius 3 is 2.56 bits per heavy atom. The van der Waals surface area contributed by atoms with Crippen LogP contribution in [0.25, 0.3) is 0 Å². The molecule has 0 saturated carbocycles. The zero-order valence-corrected chi connectivity index (χ0v) is 17.4. The normalized spacial score (nSPS) is 17.6. The Kier molecular flexibility index (Phi) is 5.61. The summed E-state index contributed by atoms with van der Waals surface area (Å²) in [5.41, 5.74) is 3.05. The molecular formula is C22H28N2O2S. The van der Waals surface area contributed by atoms with Gasteiger partial charge in [0.1, 0.15) is 17.1 Å². The van der Waals surface area contributed by atoms with Gasteiger partial charge in [0.25, 0.3) is 0 Å². The van der Waals surface area contributed by atoms with E-state index in [0.29, 0.717) is 5.11 Å². The fourth-order valence-corrected chi connectivity index (χ4v) is 3.58. The second-order valence-electron chi connectivity index (χ2n) is 7.95. The molecule has 1 aliphatic heterocycles. The van der Waals surface area contributed by atoms with Gasteiger partial charge in [-0.15, -0.1) is 0 Å². The van der Waals surface area contributed by atoms with Crippen molar-refractivity contribution in [1.29, 1.82) is 0 Å². The van der Waals surface area contributed by atoms with E-state index in [1.165, 1.54) is 5.56 Å². The molecule has 2 aromatic rings. The number of benzene rings is 2. The fourth-order valence-electron chi connectivity index (χ4n) is 3.32. The summed E-state index contributed by atoms with van der Waals surface area (Å²) in [7, 11) is 0. The Labute approximate surface area is 167 Å². The minimum Gasteiger partial charge on any atom is -0.491 e. The molecule has 0 bridgehead atoms. The predicted octanol–water partition coefficient (Wildman–Crippen LogP) is 5.37. The van der Waals surface area contributed by atoms with E-state index in [2.05, 4.69) is 43.5 Å². The molecule has 2 aromatic carbocycles. The molecule has 144 valence electrons. The van der Waals surface area contributed by atoms with Crippen molar-refractivity contribution in [2.24, 2.45) is 0 Å². The van der Waals surface area contributed by atoms with E-state index in [1.54, 1.807) is 0 Å². The lowest BCUT2D eigenvalue weighted by atomic mass is 9.89. The summed E-state index contributed by atoms with van der Waals surface area (Å²) in [4.78, 5) is 0. The Balaban J connectivity index is 1.69. The van der Waals surface area contributed by atoms with Crippen molar-refractivity contribution < 1.29 is 9.47 Å². The molecule has 0 spiro atoms. The van der Waals surface area contributed by atoms with Gasteiger partial charge in [0.15, 0.2) is 5.11 Å². The van der Waals surface area contributed by atoms with Crippen LogP contribution < -0.4 is 20.1 Å². The number of rotatable bonds is 4. The van der Waals surface area contributed by atoms with Crippen LogP contribution >= 0.6 is 12.2 Å². The summed E-state index contributed by atoms with van der Waals surface area (Å²) in [6, 6.07) is 14.2. The average molecular weight is 385 g/mol. The summed E-state index contributed by atoms with van der Waals surface area (Å²) in [5, 5.41) is 7.33. The van der Waals surface area contributed by atoms with E-state index in [1.807, 2.05) is 44.2 Å². The molecule has 0 aliphatic carbocycles. The summed E-state index contributed by atoms with van der Waals surface area (Å²) < 4.78 is 11.8. The van der Waals surface area contributed by atoms with Crippen LogP contribution in [-0.2, 0) is 0 Å². The molecule has 3 rings (SSSR count). The third-order valence-corrected chi connectivity index (χ3v) is 4.63. The van der Waals surface area contributed by atoms with Gasteiger partial charge < -0.3 is 20.1 Å². The van der Waals surface area contributed by atoms with E-state index in [-0.39, 0.29) is 17.7 Å². The van der Waals surface area contributed by atoms with Crippen molar-refractivity contribution in [3.05, 3.63) is 53.6 Å². The molecule has 0 aromatic heterocycles. The second kappa shape index (κ2) is 7.77. The smallest absolute Gasteiger partial charge is 0.171 e. The van der Waals surface area contributed by atoms with Gasteiger partial charge in [-0.05, 0) is 77.2 Å². The molecule has 1 atom stereocenters. The highest BCUT2D eigenvalue weighted by Crippen LogP contribution is 2.39. The number of nitrogens with one attached hydrogen (secondary N) is 2. The Hall–Kier alpha value is -2.27. The highest BCUT2D eigenvalue weighted by Gasteiger charge is 2.34. The van der Waals surface area contributed by atoms with Gasteiger partial charge in [0.05, 0.1) is 12.1 Å². The molecule has 0 saturated heterocycles. The zero-order valence-electron chi connectivity index (χ0n) is 16.6. The summed E-state index contributed by atoms with van der Waals surface area (Å²) >= 11 is 5.56. The van der Waals surface area contributed by atoms with Crippen molar-refractivity contribution in [2.45, 2.75) is 58.8 Å². The third-order valence-electron chi connectivity index (χ3n) is 4.41. The largest absolute Gasteiger partial charge is 0.491 e. The van der Waals surface area contributed by atoms with Gasteiger partial charge in [-0.2, -0.15) is 0 Å². The van der Waals surface area contributed by atoms with Crippen molar-refractivity contribution >= 4 is 23.0 Å². The van der Waals surface area contributed by atoms with Crippen molar-refractivity contribution in [3.63, 3.8) is 0 Å². The third kappa shape index (κ3) is 5.13. The first kappa shape index (κ1) is 19.5. The minimum atomic E-state index is -0.245. The summed E-state index contributed by atoms with van der Waals surface area (Å²) in [6.45, 7) is 10.3. The lowest BCUT2D eigenvalue weighted by Gasteiger charge is -2.38. The average Bonchev–Trinajstić information content (AvgIpc) is 2.56. The molecule has 1 aliphatic rings. The molecule has 4 nitrogen and oxygen atoms in total. The molecular weight excluding hydrogens is 356 g/mol.